The molecule has 0 aliphatic heterocycles. The fourth-order valence-electron chi connectivity index (χ4n) is 1.71. The fraction of sp³-hybridized carbons (Fsp3) is 0.143. The molecule has 2 N–H and O–H groups in total. The zero-order valence-corrected chi connectivity index (χ0v) is 10.7. The molecule has 0 aliphatic rings. The third kappa shape index (κ3) is 3.66. The Balaban J connectivity index is 2.00. The van der Waals surface area contributed by atoms with Crippen molar-refractivity contribution in [1.29, 1.82) is 0 Å². The molecule has 0 atom stereocenters. The molecule has 0 radical (unpaired) electrons. The number of halogens is 3. The monoisotopic (exact) mass is 283 g/mol. The number of nitrogens with one attached hydrogen (secondary N) is 1. The van der Waals surface area contributed by atoms with E-state index in [1.54, 1.807) is 12.1 Å². The zero-order valence-electron chi connectivity index (χ0n) is 9.96. The third-order valence-electron chi connectivity index (χ3n) is 2.68. The molecule has 19 heavy (non-hydrogen) atoms. The van der Waals surface area contributed by atoms with Crippen molar-refractivity contribution in [3.05, 3.63) is 64.2 Å². The standard InChI is InChI=1S/C14H12ClF2NO/c15-11-1-4-14(19)10(5-11)8-18-7-9-6-12(16)2-3-13(9)17/h1-6,18-19H,7-8H2. The minimum absolute atomic E-state index is 0.108. The molecule has 0 bridgehead atoms. The maximum atomic E-state index is 13.4. The van der Waals surface area contributed by atoms with Crippen LogP contribution in [0.5, 0.6) is 5.75 Å². The normalized spacial score (nSPS) is 10.7. The zero-order chi connectivity index (χ0) is 13.8. The van der Waals surface area contributed by atoms with Gasteiger partial charge in [-0.3, -0.25) is 0 Å². The highest BCUT2D eigenvalue weighted by molar-refractivity contribution is 6.30. The summed E-state index contributed by atoms with van der Waals surface area (Å²) in [5.74, 6) is -0.843. The van der Waals surface area contributed by atoms with Crippen molar-refractivity contribution in [1.82, 2.24) is 5.32 Å². The van der Waals surface area contributed by atoms with Crippen LogP contribution >= 0.6 is 11.6 Å². The highest BCUT2D eigenvalue weighted by Gasteiger charge is 2.05. The van der Waals surface area contributed by atoms with E-state index in [2.05, 4.69) is 5.32 Å². The Hall–Kier alpha value is -1.65. The molecule has 0 spiro atoms. The Kier molecular flexibility index (Phi) is 4.35. The summed E-state index contributed by atoms with van der Waals surface area (Å²) >= 11 is 5.81. The number of aromatic hydroxyl groups is 1. The number of hydrogen-bond acceptors (Lipinski definition) is 2. The van der Waals surface area contributed by atoms with Gasteiger partial charge in [0.25, 0.3) is 0 Å². The number of phenolic OH excluding ortho intramolecular Hbond substituents is 1. The highest BCUT2D eigenvalue weighted by Crippen LogP contribution is 2.21. The summed E-state index contributed by atoms with van der Waals surface area (Å²) in [6, 6.07) is 7.98. The van der Waals surface area contributed by atoms with Gasteiger partial charge in [0.2, 0.25) is 0 Å². The summed E-state index contributed by atoms with van der Waals surface area (Å²) in [5.41, 5.74) is 0.839. The van der Waals surface area contributed by atoms with Crippen molar-refractivity contribution >= 4 is 11.6 Å². The first-order valence-corrected chi connectivity index (χ1v) is 6.06. The molecule has 5 heteroatoms. The fourth-order valence-corrected chi connectivity index (χ4v) is 1.90. The largest absolute Gasteiger partial charge is 0.508 e. The molecule has 2 rings (SSSR count). The molecule has 0 unspecified atom stereocenters. The van der Waals surface area contributed by atoms with E-state index in [4.69, 9.17) is 11.6 Å². The summed E-state index contributed by atoms with van der Waals surface area (Å²) < 4.78 is 26.3. The van der Waals surface area contributed by atoms with Crippen LogP contribution in [0.4, 0.5) is 8.78 Å². The Morgan fingerprint density at radius 2 is 1.74 bits per heavy atom. The second-order valence-electron chi connectivity index (χ2n) is 4.11. The van der Waals surface area contributed by atoms with Gasteiger partial charge >= 0.3 is 0 Å². The lowest BCUT2D eigenvalue weighted by atomic mass is 10.1. The quantitative estimate of drug-likeness (QED) is 0.898. The number of phenols is 1. The highest BCUT2D eigenvalue weighted by atomic mass is 35.5. The summed E-state index contributed by atoms with van der Waals surface area (Å²) in [4.78, 5) is 0. The van der Waals surface area contributed by atoms with Gasteiger partial charge in [-0.2, -0.15) is 0 Å². The summed E-state index contributed by atoms with van der Waals surface area (Å²) in [5, 5.41) is 13.0. The lowest BCUT2D eigenvalue weighted by Crippen LogP contribution is -2.14. The lowest BCUT2D eigenvalue weighted by Gasteiger charge is -2.08. The minimum atomic E-state index is -0.483. The van der Waals surface area contributed by atoms with E-state index in [-0.39, 0.29) is 17.9 Å². The summed E-state index contributed by atoms with van der Waals surface area (Å²) in [6.45, 7) is 0.470. The maximum Gasteiger partial charge on any atom is 0.127 e. The van der Waals surface area contributed by atoms with Gasteiger partial charge in [-0.1, -0.05) is 11.6 Å². The molecule has 0 saturated carbocycles. The van der Waals surface area contributed by atoms with Crippen LogP contribution in [-0.2, 0) is 13.1 Å². The average molecular weight is 284 g/mol. The van der Waals surface area contributed by atoms with Crippen molar-refractivity contribution in [2.75, 3.05) is 0 Å². The third-order valence-corrected chi connectivity index (χ3v) is 2.92. The van der Waals surface area contributed by atoms with E-state index >= 15 is 0 Å². The first-order chi connectivity index (χ1) is 9.06. The summed E-state index contributed by atoms with van der Waals surface area (Å²) in [7, 11) is 0. The Bertz CT molecular complexity index is 538. The van der Waals surface area contributed by atoms with Crippen LogP contribution in [0.25, 0.3) is 0 Å². The van der Waals surface area contributed by atoms with E-state index in [1.807, 2.05) is 0 Å². The molecule has 0 fully saturated rings. The van der Waals surface area contributed by atoms with E-state index < -0.39 is 11.6 Å². The van der Waals surface area contributed by atoms with Gasteiger partial charge < -0.3 is 10.4 Å². The van der Waals surface area contributed by atoms with Gasteiger partial charge in [-0.05, 0) is 36.4 Å². The van der Waals surface area contributed by atoms with E-state index in [0.29, 0.717) is 17.1 Å². The molecule has 0 saturated heterocycles. The minimum Gasteiger partial charge on any atom is -0.508 e. The molecule has 0 amide bonds. The van der Waals surface area contributed by atoms with Gasteiger partial charge in [0.05, 0.1) is 0 Å². The lowest BCUT2D eigenvalue weighted by molar-refractivity contribution is 0.464. The molecule has 100 valence electrons. The molecule has 2 aromatic rings. The number of rotatable bonds is 4. The van der Waals surface area contributed by atoms with Gasteiger partial charge in [-0.25, -0.2) is 8.78 Å². The molecule has 0 aliphatic carbocycles. The Labute approximate surface area is 114 Å². The maximum absolute atomic E-state index is 13.4. The van der Waals surface area contributed by atoms with Gasteiger partial charge in [0.1, 0.15) is 17.4 Å². The van der Waals surface area contributed by atoms with Gasteiger partial charge in [0, 0.05) is 29.2 Å². The smallest absolute Gasteiger partial charge is 0.127 e. The van der Waals surface area contributed by atoms with Crippen molar-refractivity contribution in [3.8, 4) is 5.75 Å². The van der Waals surface area contributed by atoms with Crippen LogP contribution in [0.3, 0.4) is 0 Å². The first kappa shape index (κ1) is 13.8. The van der Waals surface area contributed by atoms with Crippen LogP contribution in [0, 0.1) is 11.6 Å². The molecule has 0 heterocycles. The SMILES string of the molecule is Oc1ccc(Cl)cc1CNCc1cc(F)ccc1F. The van der Waals surface area contributed by atoms with Crippen molar-refractivity contribution < 1.29 is 13.9 Å². The molecule has 2 nitrogen and oxygen atoms in total. The number of benzene rings is 2. The van der Waals surface area contributed by atoms with Gasteiger partial charge in [0.15, 0.2) is 0 Å². The van der Waals surface area contributed by atoms with Crippen molar-refractivity contribution in [2.45, 2.75) is 13.1 Å². The van der Waals surface area contributed by atoms with E-state index in [1.165, 1.54) is 6.07 Å². The van der Waals surface area contributed by atoms with Crippen molar-refractivity contribution in [2.24, 2.45) is 0 Å². The number of hydrogen-bond donors (Lipinski definition) is 2. The predicted molar refractivity (Wildman–Crippen MR) is 70.0 cm³/mol. The van der Waals surface area contributed by atoms with Crippen LogP contribution in [0.15, 0.2) is 36.4 Å². The predicted octanol–water partition coefficient (Wildman–Crippen LogP) is 3.61. The van der Waals surface area contributed by atoms with Crippen LogP contribution in [0.2, 0.25) is 5.02 Å². The van der Waals surface area contributed by atoms with Gasteiger partial charge in [-0.15, -0.1) is 0 Å². The van der Waals surface area contributed by atoms with Crippen LogP contribution in [0.1, 0.15) is 11.1 Å². The van der Waals surface area contributed by atoms with E-state index in [9.17, 15) is 13.9 Å². The molecular weight excluding hydrogens is 272 g/mol. The molecular formula is C14H12ClF2NO. The van der Waals surface area contributed by atoms with E-state index in [0.717, 1.165) is 18.2 Å². The van der Waals surface area contributed by atoms with Crippen LogP contribution in [-0.4, -0.2) is 5.11 Å². The Morgan fingerprint density at radius 1 is 1.00 bits per heavy atom. The average Bonchev–Trinajstić information content (AvgIpc) is 2.38. The first-order valence-electron chi connectivity index (χ1n) is 5.68. The molecule has 2 aromatic carbocycles. The Morgan fingerprint density at radius 3 is 2.53 bits per heavy atom. The second kappa shape index (κ2) is 5.99. The molecule has 0 aromatic heterocycles. The van der Waals surface area contributed by atoms with Crippen molar-refractivity contribution in [3.63, 3.8) is 0 Å². The summed E-state index contributed by atoms with van der Waals surface area (Å²) in [6.07, 6.45) is 0. The van der Waals surface area contributed by atoms with Crippen LogP contribution < -0.4 is 5.32 Å². The second-order valence-corrected chi connectivity index (χ2v) is 4.55. The topological polar surface area (TPSA) is 32.3 Å².